The lowest BCUT2D eigenvalue weighted by Crippen LogP contribution is -2.25. The number of aromatic nitrogens is 3. The van der Waals surface area contributed by atoms with Crippen molar-refractivity contribution in [1.82, 2.24) is 14.8 Å². The zero-order valence-corrected chi connectivity index (χ0v) is 12.2. The van der Waals surface area contributed by atoms with Gasteiger partial charge in [-0.2, -0.15) is 10.1 Å². The summed E-state index contributed by atoms with van der Waals surface area (Å²) >= 11 is 0. The minimum absolute atomic E-state index is 0.283. The maximum Gasteiger partial charge on any atom is 0.221 e. The zero-order chi connectivity index (χ0) is 14.2. The van der Waals surface area contributed by atoms with E-state index in [2.05, 4.69) is 41.2 Å². The van der Waals surface area contributed by atoms with Gasteiger partial charge in [0.25, 0.3) is 0 Å². The highest BCUT2D eigenvalue weighted by atomic mass is 16.5. The van der Waals surface area contributed by atoms with Crippen molar-refractivity contribution in [2.45, 2.75) is 31.7 Å². The van der Waals surface area contributed by atoms with Gasteiger partial charge in [-0.3, -0.25) is 0 Å². The SMILES string of the molecule is Cc1ccccc1C1CCNc2nc(C3CCOC3)nn21. The lowest BCUT2D eigenvalue weighted by molar-refractivity contribution is 0.193. The number of rotatable bonds is 2. The molecule has 1 saturated heterocycles. The van der Waals surface area contributed by atoms with Crippen molar-refractivity contribution in [2.75, 3.05) is 25.1 Å². The first-order chi connectivity index (χ1) is 10.3. The highest BCUT2D eigenvalue weighted by Gasteiger charge is 2.29. The first-order valence-corrected chi connectivity index (χ1v) is 7.66. The van der Waals surface area contributed by atoms with Gasteiger partial charge in [-0.25, -0.2) is 4.68 Å². The number of anilines is 1. The largest absolute Gasteiger partial charge is 0.381 e. The number of nitrogens with zero attached hydrogens (tertiary/aromatic N) is 3. The van der Waals surface area contributed by atoms with E-state index in [0.717, 1.165) is 44.4 Å². The molecule has 0 spiro atoms. The minimum Gasteiger partial charge on any atom is -0.381 e. The van der Waals surface area contributed by atoms with E-state index in [1.807, 2.05) is 0 Å². The third kappa shape index (κ3) is 2.21. The number of benzene rings is 1. The Bertz CT molecular complexity index is 645. The third-order valence-corrected chi connectivity index (χ3v) is 4.49. The second-order valence-corrected chi connectivity index (χ2v) is 5.89. The smallest absolute Gasteiger partial charge is 0.221 e. The molecule has 0 saturated carbocycles. The van der Waals surface area contributed by atoms with E-state index < -0.39 is 0 Å². The summed E-state index contributed by atoms with van der Waals surface area (Å²) in [6.45, 7) is 4.68. The molecule has 2 aromatic rings. The molecule has 5 heteroatoms. The van der Waals surface area contributed by atoms with Crippen LogP contribution >= 0.6 is 0 Å². The van der Waals surface area contributed by atoms with Gasteiger partial charge in [-0.1, -0.05) is 24.3 Å². The molecule has 0 aliphatic carbocycles. The summed E-state index contributed by atoms with van der Waals surface area (Å²) in [7, 11) is 0. The Morgan fingerprint density at radius 3 is 3.00 bits per heavy atom. The Balaban J connectivity index is 1.72. The normalized spacial score (nSPS) is 24.6. The lowest BCUT2D eigenvalue weighted by atomic mass is 9.98. The number of hydrogen-bond acceptors (Lipinski definition) is 4. The van der Waals surface area contributed by atoms with Crippen molar-refractivity contribution in [3.63, 3.8) is 0 Å². The van der Waals surface area contributed by atoms with Crippen LogP contribution in [-0.2, 0) is 4.74 Å². The second kappa shape index (κ2) is 5.15. The van der Waals surface area contributed by atoms with Crippen LogP contribution in [-0.4, -0.2) is 34.5 Å². The standard InChI is InChI=1S/C16H20N4O/c1-11-4-2-3-5-13(11)14-6-8-17-16-18-15(19-20(14)16)12-7-9-21-10-12/h2-5,12,14H,6-10H2,1H3,(H,17,18,19). The van der Waals surface area contributed by atoms with Gasteiger partial charge in [0.15, 0.2) is 5.82 Å². The van der Waals surface area contributed by atoms with E-state index in [9.17, 15) is 0 Å². The van der Waals surface area contributed by atoms with Crippen molar-refractivity contribution in [3.05, 3.63) is 41.2 Å². The number of aryl methyl sites for hydroxylation is 1. The Labute approximate surface area is 124 Å². The summed E-state index contributed by atoms with van der Waals surface area (Å²) in [6, 6.07) is 8.84. The summed E-state index contributed by atoms with van der Waals surface area (Å²) in [6.07, 6.45) is 2.07. The van der Waals surface area contributed by atoms with E-state index in [-0.39, 0.29) is 6.04 Å². The van der Waals surface area contributed by atoms with Gasteiger partial charge in [0.1, 0.15) is 0 Å². The molecule has 0 bridgehead atoms. The molecule has 5 nitrogen and oxygen atoms in total. The van der Waals surface area contributed by atoms with Crippen LogP contribution in [0.15, 0.2) is 24.3 Å². The van der Waals surface area contributed by atoms with E-state index in [1.165, 1.54) is 11.1 Å². The molecule has 4 rings (SSSR count). The van der Waals surface area contributed by atoms with Crippen molar-refractivity contribution in [1.29, 1.82) is 0 Å². The quantitative estimate of drug-likeness (QED) is 0.920. The molecule has 2 aliphatic rings. The summed E-state index contributed by atoms with van der Waals surface area (Å²) in [5.41, 5.74) is 2.66. The first kappa shape index (κ1) is 12.8. The van der Waals surface area contributed by atoms with Crippen LogP contribution in [0, 0.1) is 6.92 Å². The van der Waals surface area contributed by atoms with Crippen molar-refractivity contribution < 1.29 is 4.74 Å². The van der Waals surface area contributed by atoms with Crippen LogP contribution in [0.3, 0.4) is 0 Å². The van der Waals surface area contributed by atoms with Gasteiger partial charge in [0.05, 0.1) is 12.6 Å². The molecule has 1 aromatic heterocycles. The fourth-order valence-electron chi connectivity index (χ4n) is 3.28. The molecule has 2 atom stereocenters. The molecule has 3 heterocycles. The number of ether oxygens (including phenoxy) is 1. The minimum atomic E-state index is 0.283. The fourth-order valence-corrected chi connectivity index (χ4v) is 3.28. The maximum absolute atomic E-state index is 5.46. The molecular weight excluding hydrogens is 264 g/mol. The summed E-state index contributed by atoms with van der Waals surface area (Å²) < 4.78 is 7.53. The highest BCUT2D eigenvalue weighted by Crippen LogP contribution is 2.32. The molecule has 2 aliphatic heterocycles. The van der Waals surface area contributed by atoms with Crippen molar-refractivity contribution >= 4 is 5.95 Å². The monoisotopic (exact) mass is 284 g/mol. The van der Waals surface area contributed by atoms with Crippen molar-refractivity contribution in [2.24, 2.45) is 0 Å². The molecule has 0 amide bonds. The van der Waals surface area contributed by atoms with Crippen molar-refractivity contribution in [3.8, 4) is 0 Å². The zero-order valence-electron chi connectivity index (χ0n) is 12.2. The van der Waals surface area contributed by atoms with E-state index in [0.29, 0.717) is 5.92 Å². The second-order valence-electron chi connectivity index (χ2n) is 5.89. The molecule has 1 N–H and O–H groups in total. The molecule has 0 radical (unpaired) electrons. The van der Waals surface area contributed by atoms with Crippen LogP contribution in [0.1, 0.15) is 41.8 Å². The molecular formula is C16H20N4O. The van der Waals surface area contributed by atoms with Crippen LogP contribution in [0.25, 0.3) is 0 Å². The van der Waals surface area contributed by atoms with Crippen LogP contribution < -0.4 is 5.32 Å². The van der Waals surface area contributed by atoms with Crippen LogP contribution in [0.5, 0.6) is 0 Å². The topological polar surface area (TPSA) is 52.0 Å². The molecule has 110 valence electrons. The molecule has 1 aromatic carbocycles. The predicted octanol–water partition coefficient (Wildman–Crippen LogP) is 2.50. The number of nitrogens with one attached hydrogen (secondary N) is 1. The number of hydrogen-bond donors (Lipinski definition) is 1. The van der Waals surface area contributed by atoms with Gasteiger partial charge in [0, 0.05) is 19.1 Å². The van der Waals surface area contributed by atoms with Gasteiger partial charge in [0.2, 0.25) is 5.95 Å². The maximum atomic E-state index is 5.46. The third-order valence-electron chi connectivity index (χ3n) is 4.49. The molecule has 1 fully saturated rings. The van der Waals surface area contributed by atoms with Crippen LogP contribution in [0.2, 0.25) is 0 Å². The summed E-state index contributed by atoms with van der Waals surface area (Å²) in [5.74, 6) is 2.18. The Morgan fingerprint density at radius 1 is 1.29 bits per heavy atom. The summed E-state index contributed by atoms with van der Waals surface area (Å²) in [5, 5.41) is 8.17. The average molecular weight is 284 g/mol. The molecule has 2 unspecified atom stereocenters. The van der Waals surface area contributed by atoms with E-state index in [1.54, 1.807) is 0 Å². The van der Waals surface area contributed by atoms with Gasteiger partial charge in [-0.05, 0) is 30.9 Å². The van der Waals surface area contributed by atoms with E-state index >= 15 is 0 Å². The fraction of sp³-hybridized carbons (Fsp3) is 0.500. The van der Waals surface area contributed by atoms with Gasteiger partial charge < -0.3 is 10.1 Å². The Kier molecular flexibility index (Phi) is 3.15. The Morgan fingerprint density at radius 2 is 2.19 bits per heavy atom. The summed E-state index contributed by atoms with van der Waals surface area (Å²) in [4.78, 5) is 4.70. The predicted molar refractivity (Wildman–Crippen MR) is 80.6 cm³/mol. The average Bonchev–Trinajstić information content (AvgIpc) is 3.16. The Hall–Kier alpha value is -1.88. The first-order valence-electron chi connectivity index (χ1n) is 7.66. The van der Waals surface area contributed by atoms with E-state index in [4.69, 9.17) is 14.8 Å². The number of fused-ring (bicyclic) bond motifs is 1. The van der Waals surface area contributed by atoms with Gasteiger partial charge >= 0.3 is 0 Å². The van der Waals surface area contributed by atoms with Crippen LogP contribution in [0.4, 0.5) is 5.95 Å². The lowest BCUT2D eigenvalue weighted by Gasteiger charge is -2.25. The highest BCUT2D eigenvalue weighted by molar-refractivity contribution is 5.36. The molecule has 21 heavy (non-hydrogen) atoms. The van der Waals surface area contributed by atoms with Gasteiger partial charge in [-0.15, -0.1) is 0 Å².